The quantitative estimate of drug-likeness (QED) is 0.533. The molecule has 0 spiro atoms. The van der Waals surface area contributed by atoms with Gasteiger partial charge in [-0.25, -0.2) is 0 Å². The van der Waals surface area contributed by atoms with Crippen LogP contribution in [0.15, 0.2) is 30.3 Å². The summed E-state index contributed by atoms with van der Waals surface area (Å²) in [5, 5.41) is 0. The lowest BCUT2D eigenvalue weighted by molar-refractivity contribution is -0.141. The molecule has 0 bridgehead atoms. The first-order chi connectivity index (χ1) is 12.1. The van der Waals surface area contributed by atoms with Crippen LogP contribution in [0.2, 0.25) is 0 Å². The smallest absolute Gasteiger partial charge is 0.307 e. The summed E-state index contributed by atoms with van der Waals surface area (Å²) >= 11 is 0. The Kier molecular flexibility index (Phi) is 7.47. The minimum Gasteiger partial charge on any atom is -0.497 e. The Bertz CT molecular complexity index is 608. The molecule has 0 N–H and O–H groups in total. The van der Waals surface area contributed by atoms with Gasteiger partial charge in [-0.3, -0.25) is 9.59 Å². The second-order valence-electron chi connectivity index (χ2n) is 5.86. The molecule has 6 nitrogen and oxygen atoms in total. The molecule has 1 aliphatic rings. The standard InChI is InChI=1S/C19H25NO5/c1-23-16-6-3-5-15(13-16)8-9-18(21)20(11-10-19(22)24-2)14-17-7-4-12-25-17/h3,5-6,8-9,13,17H,4,7,10-12,14H2,1-2H3/b9-8+. The number of esters is 1. The first-order valence-electron chi connectivity index (χ1n) is 8.42. The van der Waals surface area contributed by atoms with E-state index in [0.717, 1.165) is 30.8 Å². The Morgan fingerprint density at radius 3 is 2.88 bits per heavy atom. The van der Waals surface area contributed by atoms with Gasteiger partial charge in [-0.15, -0.1) is 0 Å². The molecule has 6 heteroatoms. The number of amides is 1. The van der Waals surface area contributed by atoms with Crippen LogP contribution in [0.4, 0.5) is 0 Å². The largest absolute Gasteiger partial charge is 0.497 e. The van der Waals surface area contributed by atoms with Crippen LogP contribution in [0.5, 0.6) is 5.75 Å². The molecule has 1 aromatic carbocycles. The minimum atomic E-state index is -0.332. The molecule has 0 aromatic heterocycles. The van der Waals surface area contributed by atoms with E-state index in [4.69, 9.17) is 9.47 Å². The predicted octanol–water partition coefficient (Wildman–Crippen LogP) is 2.28. The van der Waals surface area contributed by atoms with E-state index >= 15 is 0 Å². The first-order valence-corrected chi connectivity index (χ1v) is 8.42. The number of nitrogens with zero attached hydrogens (tertiary/aromatic N) is 1. The molecule has 1 aliphatic heterocycles. The zero-order chi connectivity index (χ0) is 18.1. The van der Waals surface area contributed by atoms with Crippen molar-refractivity contribution in [2.24, 2.45) is 0 Å². The monoisotopic (exact) mass is 347 g/mol. The number of rotatable bonds is 8. The lowest BCUT2D eigenvalue weighted by Crippen LogP contribution is -2.37. The average Bonchev–Trinajstić information content (AvgIpc) is 3.16. The third kappa shape index (κ3) is 6.23. The van der Waals surface area contributed by atoms with Gasteiger partial charge in [-0.05, 0) is 36.6 Å². The molecule has 25 heavy (non-hydrogen) atoms. The normalized spacial score (nSPS) is 16.8. The Labute approximate surface area is 148 Å². The van der Waals surface area contributed by atoms with Gasteiger partial charge < -0.3 is 19.1 Å². The molecule has 1 amide bonds. The van der Waals surface area contributed by atoms with Gasteiger partial charge in [0.05, 0.1) is 26.7 Å². The number of hydrogen-bond donors (Lipinski definition) is 0. The second-order valence-corrected chi connectivity index (χ2v) is 5.86. The summed E-state index contributed by atoms with van der Waals surface area (Å²) < 4.78 is 15.5. The molecule has 0 radical (unpaired) electrons. The van der Waals surface area contributed by atoms with Crippen molar-refractivity contribution in [2.75, 3.05) is 33.9 Å². The Balaban J connectivity index is 2.01. The SMILES string of the molecule is COC(=O)CCN(CC1CCCO1)C(=O)/C=C/c1cccc(OC)c1. The van der Waals surface area contributed by atoms with Crippen molar-refractivity contribution in [3.8, 4) is 5.75 Å². The maximum Gasteiger partial charge on any atom is 0.307 e. The van der Waals surface area contributed by atoms with Gasteiger partial charge >= 0.3 is 5.97 Å². The second kappa shape index (κ2) is 9.84. The highest BCUT2D eigenvalue weighted by molar-refractivity contribution is 5.92. The summed E-state index contributed by atoms with van der Waals surface area (Å²) in [5.74, 6) is 0.251. The molecule has 136 valence electrons. The van der Waals surface area contributed by atoms with Crippen LogP contribution in [0.1, 0.15) is 24.8 Å². The summed E-state index contributed by atoms with van der Waals surface area (Å²) in [6, 6.07) is 7.46. The average molecular weight is 347 g/mol. The van der Waals surface area contributed by atoms with Gasteiger partial charge in [0.1, 0.15) is 5.75 Å². The molecule has 2 rings (SSSR count). The number of carbonyl (C=O) groups excluding carboxylic acids is 2. The molecular weight excluding hydrogens is 322 g/mol. The van der Waals surface area contributed by atoms with Crippen molar-refractivity contribution in [3.63, 3.8) is 0 Å². The number of ether oxygens (including phenoxy) is 3. The molecule has 1 saturated heterocycles. The number of benzene rings is 1. The zero-order valence-corrected chi connectivity index (χ0v) is 14.8. The first kappa shape index (κ1) is 19.0. The van der Waals surface area contributed by atoms with Crippen molar-refractivity contribution >= 4 is 18.0 Å². The summed E-state index contributed by atoms with van der Waals surface area (Å²) in [5.41, 5.74) is 0.873. The Hall–Kier alpha value is -2.34. The van der Waals surface area contributed by atoms with Crippen molar-refractivity contribution < 1.29 is 23.8 Å². The fourth-order valence-corrected chi connectivity index (χ4v) is 2.67. The Morgan fingerprint density at radius 1 is 1.36 bits per heavy atom. The van der Waals surface area contributed by atoms with Gasteiger partial charge in [0.2, 0.25) is 5.91 Å². The molecule has 0 aliphatic carbocycles. The summed E-state index contributed by atoms with van der Waals surface area (Å²) in [6.45, 7) is 1.52. The fraction of sp³-hybridized carbons (Fsp3) is 0.474. The molecule has 0 saturated carbocycles. The summed E-state index contributed by atoms with van der Waals surface area (Å²) in [7, 11) is 2.95. The van der Waals surface area contributed by atoms with E-state index in [1.165, 1.54) is 13.2 Å². The lowest BCUT2D eigenvalue weighted by Gasteiger charge is -2.24. The van der Waals surface area contributed by atoms with Crippen LogP contribution in [0.3, 0.4) is 0 Å². The van der Waals surface area contributed by atoms with Crippen LogP contribution in [-0.2, 0) is 19.1 Å². The van der Waals surface area contributed by atoms with E-state index in [0.29, 0.717) is 13.1 Å². The van der Waals surface area contributed by atoms with Crippen molar-refractivity contribution in [1.29, 1.82) is 0 Å². The maximum absolute atomic E-state index is 12.6. The van der Waals surface area contributed by atoms with E-state index < -0.39 is 0 Å². The van der Waals surface area contributed by atoms with Crippen molar-refractivity contribution in [2.45, 2.75) is 25.4 Å². The van der Waals surface area contributed by atoms with E-state index in [2.05, 4.69) is 4.74 Å². The fourth-order valence-electron chi connectivity index (χ4n) is 2.67. The highest BCUT2D eigenvalue weighted by Gasteiger charge is 2.22. The topological polar surface area (TPSA) is 65.1 Å². The molecule has 1 unspecified atom stereocenters. The molecular formula is C19H25NO5. The summed E-state index contributed by atoms with van der Waals surface area (Å²) in [6.07, 6.45) is 5.39. The molecule has 1 aromatic rings. The number of hydrogen-bond acceptors (Lipinski definition) is 5. The van der Waals surface area contributed by atoms with Crippen LogP contribution in [-0.4, -0.2) is 56.8 Å². The van der Waals surface area contributed by atoms with Gasteiger partial charge in [0.25, 0.3) is 0 Å². The highest BCUT2D eigenvalue weighted by Crippen LogP contribution is 2.16. The lowest BCUT2D eigenvalue weighted by atomic mass is 10.2. The number of methoxy groups -OCH3 is 2. The summed E-state index contributed by atoms with van der Waals surface area (Å²) in [4.78, 5) is 25.6. The third-order valence-electron chi connectivity index (χ3n) is 4.09. The Morgan fingerprint density at radius 2 is 2.20 bits per heavy atom. The van der Waals surface area contributed by atoms with Gasteiger partial charge in [-0.1, -0.05) is 12.1 Å². The third-order valence-corrected chi connectivity index (χ3v) is 4.09. The van der Waals surface area contributed by atoms with Crippen LogP contribution < -0.4 is 4.74 Å². The maximum atomic E-state index is 12.6. The predicted molar refractivity (Wildman–Crippen MR) is 94.2 cm³/mol. The van der Waals surface area contributed by atoms with E-state index in [1.807, 2.05) is 24.3 Å². The molecule has 1 heterocycles. The van der Waals surface area contributed by atoms with Gasteiger partial charge in [0.15, 0.2) is 0 Å². The number of carbonyl (C=O) groups is 2. The minimum absolute atomic E-state index is 0.0341. The van der Waals surface area contributed by atoms with E-state index in [1.54, 1.807) is 18.1 Å². The molecule has 1 atom stereocenters. The molecule has 1 fully saturated rings. The van der Waals surface area contributed by atoms with E-state index in [-0.39, 0.29) is 24.4 Å². The van der Waals surface area contributed by atoms with Crippen molar-refractivity contribution in [3.05, 3.63) is 35.9 Å². The van der Waals surface area contributed by atoms with Crippen LogP contribution in [0.25, 0.3) is 6.08 Å². The van der Waals surface area contributed by atoms with Gasteiger partial charge in [0, 0.05) is 25.8 Å². The van der Waals surface area contributed by atoms with Crippen LogP contribution in [0, 0.1) is 0 Å². The highest BCUT2D eigenvalue weighted by atomic mass is 16.5. The van der Waals surface area contributed by atoms with Crippen molar-refractivity contribution in [1.82, 2.24) is 4.90 Å². The van der Waals surface area contributed by atoms with Gasteiger partial charge in [-0.2, -0.15) is 0 Å². The zero-order valence-electron chi connectivity index (χ0n) is 14.8. The van der Waals surface area contributed by atoms with Crippen LogP contribution >= 0.6 is 0 Å². The van der Waals surface area contributed by atoms with E-state index in [9.17, 15) is 9.59 Å².